The molecule has 0 fully saturated rings. The van der Waals surface area contributed by atoms with Crippen LogP contribution in [0.2, 0.25) is 0 Å². The lowest BCUT2D eigenvalue weighted by Crippen LogP contribution is -2.12. The minimum absolute atomic E-state index is 0.233. The number of hydrogen-bond donors (Lipinski definition) is 1. The van der Waals surface area contributed by atoms with E-state index in [0.29, 0.717) is 10.4 Å². The highest BCUT2D eigenvalue weighted by Crippen LogP contribution is 2.30. The molecule has 0 aliphatic carbocycles. The van der Waals surface area contributed by atoms with Crippen molar-refractivity contribution in [2.24, 2.45) is 0 Å². The van der Waals surface area contributed by atoms with Crippen molar-refractivity contribution in [3.05, 3.63) is 40.5 Å². The first kappa shape index (κ1) is 14.8. The summed E-state index contributed by atoms with van der Waals surface area (Å²) in [5.41, 5.74) is 0.233. The summed E-state index contributed by atoms with van der Waals surface area (Å²) >= 11 is 4.62. The van der Waals surface area contributed by atoms with Gasteiger partial charge in [-0.05, 0) is 40.2 Å². The van der Waals surface area contributed by atoms with Gasteiger partial charge in [-0.3, -0.25) is 0 Å². The van der Waals surface area contributed by atoms with Crippen LogP contribution in [-0.2, 0) is 0 Å². The molecule has 20 heavy (non-hydrogen) atoms. The Bertz CT molecular complexity index is 649. The number of carboxylic acid groups (broad SMARTS) is 1. The molecule has 1 aromatic heterocycles. The molecule has 7 heteroatoms. The van der Waals surface area contributed by atoms with Crippen LogP contribution in [0.15, 0.2) is 44.9 Å². The molecule has 5 nitrogen and oxygen atoms in total. The standard InChI is InChI=1S/C13H12BrN3O2S/c1-17(2)13-15-6-5-11(16-13)20-8-3-4-10(14)9(7-8)12(18)19/h3-7H,1-2H3,(H,18,19). The van der Waals surface area contributed by atoms with Gasteiger partial charge in [0.15, 0.2) is 0 Å². The third-order valence-electron chi connectivity index (χ3n) is 2.41. The average Bonchev–Trinajstić information content (AvgIpc) is 2.41. The second kappa shape index (κ2) is 6.23. The number of aromatic carboxylic acids is 1. The maximum Gasteiger partial charge on any atom is 0.336 e. The third-order valence-corrected chi connectivity index (χ3v) is 4.03. The van der Waals surface area contributed by atoms with Crippen molar-refractivity contribution in [3.8, 4) is 0 Å². The summed E-state index contributed by atoms with van der Waals surface area (Å²) in [5, 5.41) is 9.87. The highest BCUT2D eigenvalue weighted by Gasteiger charge is 2.10. The summed E-state index contributed by atoms with van der Waals surface area (Å²) in [6.45, 7) is 0. The van der Waals surface area contributed by atoms with Crippen LogP contribution in [0, 0.1) is 0 Å². The van der Waals surface area contributed by atoms with Crippen LogP contribution in [0.3, 0.4) is 0 Å². The molecular weight excluding hydrogens is 342 g/mol. The maximum absolute atomic E-state index is 11.1. The van der Waals surface area contributed by atoms with Crippen LogP contribution in [-0.4, -0.2) is 35.1 Å². The molecule has 1 aromatic carbocycles. The Morgan fingerprint density at radius 2 is 2.10 bits per heavy atom. The number of rotatable bonds is 4. The molecule has 0 unspecified atom stereocenters. The molecule has 1 N–H and O–H groups in total. The molecule has 0 spiro atoms. The predicted octanol–water partition coefficient (Wildman–Crippen LogP) is 3.15. The number of carbonyl (C=O) groups is 1. The van der Waals surface area contributed by atoms with Crippen molar-refractivity contribution in [2.45, 2.75) is 9.92 Å². The monoisotopic (exact) mass is 353 g/mol. The molecule has 2 rings (SSSR count). The van der Waals surface area contributed by atoms with E-state index in [9.17, 15) is 4.79 Å². The lowest BCUT2D eigenvalue weighted by Gasteiger charge is -2.10. The van der Waals surface area contributed by atoms with Crippen LogP contribution in [0.4, 0.5) is 5.95 Å². The summed E-state index contributed by atoms with van der Waals surface area (Å²) in [4.78, 5) is 22.2. The molecule has 0 aliphatic heterocycles. The van der Waals surface area contributed by atoms with Gasteiger partial charge in [-0.25, -0.2) is 14.8 Å². The Morgan fingerprint density at radius 3 is 2.75 bits per heavy atom. The number of benzene rings is 1. The molecule has 0 radical (unpaired) electrons. The van der Waals surface area contributed by atoms with Gasteiger partial charge in [-0.2, -0.15) is 0 Å². The molecule has 0 bridgehead atoms. The minimum atomic E-state index is -0.962. The van der Waals surface area contributed by atoms with Crippen molar-refractivity contribution < 1.29 is 9.90 Å². The Morgan fingerprint density at radius 1 is 1.35 bits per heavy atom. The van der Waals surface area contributed by atoms with E-state index in [1.807, 2.05) is 25.1 Å². The molecule has 0 aliphatic rings. The van der Waals surface area contributed by atoms with E-state index in [4.69, 9.17) is 5.11 Å². The Balaban J connectivity index is 2.28. The number of carboxylic acids is 1. The number of aromatic nitrogens is 2. The van der Waals surface area contributed by atoms with E-state index in [0.717, 1.165) is 9.92 Å². The van der Waals surface area contributed by atoms with E-state index in [-0.39, 0.29) is 5.56 Å². The molecule has 0 amide bonds. The highest BCUT2D eigenvalue weighted by atomic mass is 79.9. The molecule has 1 heterocycles. The SMILES string of the molecule is CN(C)c1nccc(Sc2ccc(Br)c(C(=O)O)c2)n1. The lowest BCUT2D eigenvalue weighted by atomic mass is 10.2. The molecule has 0 saturated carbocycles. The first-order chi connectivity index (χ1) is 9.47. The quantitative estimate of drug-likeness (QED) is 0.851. The topological polar surface area (TPSA) is 66.3 Å². The average molecular weight is 354 g/mol. The lowest BCUT2D eigenvalue weighted by molar-refractivity contribution is 0.0695. The predicted molar refractivity (Wildman–Crippen MR) is 81.6 cm³/mol. The maximum atomic E-state index is 11.1. The molecule has 0 saturated heterocycles. The van der Waals surface area contributed by atoms with Gasteiger partial charge in [0.05, 0.1) is 5.56 Å². The first-order valence-corrected chi connectivity index (χ1v) is 7.29. The van der Waals surface area contributed by atoms with Crippen molar-refractivity contribution in [2.75, 3.05) is 19.0 Å². The summed E-state index contributed by atoms with van der Waals surface area (Å²) in [6.07, 6.45) is 1.68. The Labute approximate surface area is 129 Å². The number of halogens is 1. The van der Waals surface area contributed by atoms with Crippen LogP contribution in [0.25, 0.3) is 0 Å². The van der Waals surface area contributed by atoms with Gasteiger partial charge < -0.3 is 10.0 Å². The van der Waals surface area contributed by atoms with Crippen LogP contribution in [0.1, 0.15) is 10.4 Å². The van der Waals surface area contributed by atoms with Gasteiger partial charge in [0.2, 0.25) is 5.95 Å². The van der Waals surface area contributed by atoms with Crippen molar-refractivity contribution in [1.29, 1.82) is 0 Å². The summed E-state index contributed by atoms with van der Waals surface area (Å²) in [7, 11) is 3.73. The van der Waals surface area contributed by atoms with Gasteiger partial charge in [0, 0.05) is 29.7 Å². The Kier molecular flexibility index (Phi) is 4.61. The van der Waals surface area contributed by atoms with E-state index in [1.165, 1.54) is 11.8 Å². The van der Waals surface area contributed by atoms with E-state index in [2.05, 4.69) is 25.9 Å². The van der Waals surface area contributed by atoms with E-state index >= 15 is 0 Å². The zero-order valence-electron chi connectivity index (χ0n) is 10.9. The fourth-order valence-corrected chi connectivity index (χ4v) is 2.68. The van der Waals surface area contributed by atoms with Crippen molar-refractivity contribution in [1.82, 2.24) is 9.97 Å². The normalized spacial score (nSPS) is 10.3. The number of nitrogens with zero attached hydrogens (tertiary/aromatic N) is 3. The van der Waals surface area contributed by atoms with E-state index in [1.54, 1.807) is 24.4 Å². The van der Waals surface area contributed by atoms with Crippen LogP contribution >= 0.6 is 27.7 Å². The van der Waals surface area contributed by atoms with Crippen molar-refractivity contribution in [3.63, 3.8) is 0 Å². The van der Waals surface area contributed by atoms with Gasteiger partial charge >= 0.3 is 5.97 Å². The third kappa shape index (κ3) is 3.49. The fraction of sp³-hybridized carbons (Fsp3) is 0.154. The number of anilines is 1. The first-order valence-electron chi connectivity index (χ1n) is 5.68. The molecule has 2 aromatic rings. The molecule has 104 valence electrons. The van der Waals surface area contributed by atoms with Crippen LogP contribution in [0.5, 0.6) is 0 Å². The molecular formula is C13H12BrN3O2S. The zero-order valence-corrected chi connectivity index (χ0v) is 13.3. The largest absolute Gasteiger partial charge is 0.478 e. The van der Waals surface area contributed by atoms with Crippen LogP contribution < -0.4 is 4.90 Å². The smallest absolute Gasteiger partial charge is 0.336 e. The summed E-state index contributed by atoms with van der Waals surface area (Å²) in [5.74, 6) is -0.346. The Hall–Kier alpha value is -1.60. The van der Waals surface area contributed by atoms with E-state index < -0.39 is 5.97 Å². The minimum Gasteiger partial charge on any atom is -0.478 e. The second-order valence-corrected chi connectivity index (χ2v) is 6.09. The van der Waals surface area contributed by atoms with Gasteiger partial charge in [0.1, 0.15) is 5.03 Å². The highest BCUT2D eigenvalue weighted by molar-refractivity contribution is 9.10. The van der Waals surface area contributed by atoms with Gasteiger partial charge in [-0.15, -0.1) is 0 Å². The zero-order chi connectivity index (χ0) is 14.7. The fourth-order valence-electron chi connectivity index (χ4n) is 1.46. The summed E-state index contributed by atoms with van der Waals surface area (Å²) in [6, 6.07) is 6.98. The van der Waals surface area contributed by atoms with Gasteiger partial charge in [0.25, 0.3) is 0 Å². The number of hydrogen-bond acceptors (Lipinski definition) is 5. The second-order valence-electron chi connectivity index (χ2n) is 4.14. The van der Waals surface area contributed by atoms with Gasteiger partial charge in [-0.1, -0.05) is 11.8 Å². The summed E-state index contributed by atoms with van der Waals surface area (Å²) < 4.78 is 0.561. The molecule has 0 atom stereocenters. The van der Waals surface area contributed by atoms with Crippen molar-refractivity contribution >= 4 is 39.6 Å².